The molecule has 0 radical (unpaired) electrons. The summed E-state index contributed by atoms with van der Waals surface area (Å²) in [7, 11) is 4.36. The minimum Gasteiger partial charge on any atom is -0.394 e. The van der Waals surface area contributed by atoms with E-state index in [0.29, 0.717) is 26.1 Å². The van der Waals surface area contributed by atoms with Crippen LogP contribution in [0.15, 0.2) is 121 Å². The number of benzene rings is 4. The van der Waals surface area contributed by atoms with Gasteiger partial charge in [-0.05, 0) is 85.9 Å². The number of nitrogens with one attached hydrogen (secondary N) is 2. The van der Waals surface area contributed by atoms with Gasteiger partial charge < -0.3 is 104 Å². The molecule has 0 spiro atoms. The maximum absolute atomic E-state index is 11.7. The number of aliphatic hydroxyl groups is 10. The van der Waals surface area contributed by atoms with Gasteiger partial charge in [-0.3, -0.25) is 9.59 Å². The van der Waals surface area contributed by atoms with Crippen LogP contribution in [0.3, 0.4) is 0 Å². The Morgan fingerprint density at radius 1 is 0.535 bits per heavy atom. The first kappa shape index (κ1) is 78.8. The number of allylic oxidation sites excluding steroid dienone is 8. The fourth-order valence-electron chi connectivity index (χ4n) is 14.0. The molecule has 6 aliphatic rings. The molecule has 546 valence electrons. The van der Waals surface area contributed by atoms with Gasteiger partial charge in [0, 0.05) is 80.7 Å². The average molecular weight is 1380 g/mol. The SMILES string of the molecule is CCCOC1[C@@H](CNC(=O)CC)O[C@H](OC2[C@@H](CO)O[C@H](C)[C@H](O)[C@H]2O)[C@H](O)[C@H]1O.CCCOC1[C@@H](CO)O[C@H](OC2[C@@H](CNC(=O)CC)O[C@H](C)[C@H](O)[C@H]2O)[C@H](O)[C@H]1O.CN1/C(=C/C=C/C=C/C=C/C2=[N+](C)c3ccc4ccccc4c3C2(C)C)C(C)(C)c2c1ccc1ccccc21. The van der Waals surface area contributed by atoms with Crippen LogP contribution in [0.25, 0.3) is 21.5 Å². The lowest BCUT2D eigenvalue weighted by Gasteiger charge is -2.46. The van der Waals surface area contributed by atoms with Gasteiger partial charge >= 0.3 is 0 Å². The maximum atomic E-state index is 11.7. The predicted octanol–water partition coefficient (Wildman–Crippen LogP) is 4.26. The molecule has 4 unspecified atom stereocenters. The second-order valence-corrected chi connectivity index (χ2v) is 27.1. The monoisotopic (exact) mass is 1380 g/mol. The number of nitrogens with zero attached hydrogens (tertiary/aromatic N) is 2. The number of ether oxygens (including phenoxy) is 8. The highest BCUT2D eigenvalue weighted by Gasteiger charge is 2.53. The number of rotatable bonds is 22. The lowest BCUT2D eigenvalue weighted by atomic mass is 9.79. The topological polar surface area (TPSA) is 341 Å². The van der Waals surface area contributed by atoms with Gasteiger partial charge in [0.05, 0.1) is 30.8 Å². The van der Waals surface area contributed by atoms with Crippen molar-refractivity contribution in [2.45, 2.75) is 228 Å². The van der Waals surface area contributed by atoms with Crippen LogP contribution in [0.2, 0.25) is 0 Å². The molecule has 4 fully saturated rings. The average Bonchev–Trinajstić information content (AvgIpc) is 1.59. The normalized spacial score (nSPS) is 33.0. The first-order chi connectivity index (χ1) is 47.2. The van der Waals surface area contributed by atoms with Crippen molar-refractivity contribution >= 4 is 50.4 Å². The second kappa shape index (κ2) is 35.3. The zero-order valence-electron chi connectivity index (χ0n) is 59.0. The first-order valence-electron chi connectivity index (χ1n) is 34.7. The van der Waals surface area contributed by atoms with E-state index in [9.17, 15) is 60.7 Å². The molecule has 12 N–H and O–H groups in total. The molecule has 24 nitrogen and oxygen atoms in total. The molecule has 4 aromatic carbocycles. The summed E-state index contributed by atoms with van der Waals surface area (Å²) >= 11 is 0. The molecule has 4 aromatic rings. The molecule has 0 bridgehead atoms. The number of aliphatic hydroxyl groups excluding tert-OH is 10. The lowest BCUT2D eigenvalue weighted by molar-refractivity contribution is -0.401. The fraction of sp³-hybridized carbons (Fsp3) is 0.587. The van der Waals surface area contributed by atoms with Gasteiger partial charge in [-0.2, -0.15) is 4.58 Å². The maximum Gasteiger partial charge on any atom is 0.219 e. The highest BCUT2D eigenvalue weighted by atomic mass is 16.7. The summed E-state index contributed by atoms with van der Waals surface area (Å²) in [6.07, 6.45) is -6.34. The van der Waals surface area contributed by atoms with Crippen LogP contribution in [0.4, 0.5) is 11.4 Å². The Morgan fingerprint density at radius 2 is 0.970 bits per heavy atom. The van der Waals surface area contributed by atoms with Crippen LogP contribution in [0, 0.1) is 0 Å². The van der Waals surface area contributed by atoms with Crippen molar-refractivity contribution in [1.82, 2.24) is 10.6 Å². The summed E-state index contributed by atoms with van der Waals surface area (Å²) in [5.74, 6) is -0.453. The van der Waals surface area contributed by atoms with Crippen molar-refractivity contribution in [1.29, 1.82) is 0 Å². The summed E-state index contributed by atoms with van der Waals surface area (Å²) in [6, 6.07) is 26.4. The van der Waals surface area contributed by atoms with E-state index in [4.69, 9.17) is 37.9 Å². The van der Waals surface area contributed by atoms with Crippen molar-refractivity contribution < 1.29 is 103 Å². The van der Waals surface area contributed by atoms with E-state index < -0.39 is 136 Å². The summed E-state index contributed by atoms with van der Waals surface area (Å²) in [4.78, 5) is 25.6. The summed E-state index contributed by atoms with van der Waals surface area (Å²) in [6.45, 7) is 19.2. The van der Waals surface area contributed by atoms with Crippen molar-refractivity contribution in [3.63, 3.8) is 0 Å². The number of hydrogen-bond acceptors (Lipinski definition) is 21. The largest absolute Gasteiger partial charge is 0.394 e. The number of carbonyl (C=O) groups is 2. The standard InChI is InChI=1S/C37H37N2.2C19H35NO10/c1-36(2)32(38(5)30-24-22-26-16-12-14-18-28(26)34(30)36)20-10-8-7-9-11-21-33-37(3,4)35-29-19-15-13-17-27(29)23-25-31(35)39(33)6;1-4-6-27-17-11(8-21)29-19(16(26)15(17)25)30-18-10(7-20-12(22)5-2)28-9(3)13(23)14(18)24;1-4-6-27-17-10(7-20-12(22)5-2)29-19(16(26)15(17)25)30-18-11(8-21)28-9(3)13(23)14(18)24/h7-25H,1-6H3;2*9-11,13-19,21,23-26H,4-8H2,1-3H3,(H,20,22)/q+1;;/t;2*9-,10-,11-,13+,14-,15-,16-,17?,18?,19-/m.11/s1. The van der Waals surface area contributed by atoms with Crippen LogP contribution in [-0.4, -0.2) is 249 Å². The van der Waals surface area contributed by atoms with Crippen LogP contribution in [0.1, 0.15) is 106 Å². The summed E-state index contributed by atoms with van der Waals surface area (Å²) < 4.78 is 47.4. The molecule has 0 aliphatic carbocycles. The Morgan fingerprint density at radius 3 is 1.49 bits per heavy atom. The van der Waals surface area contributed by atoms with E-state index in [-0.39, 0.29) is 48.6 Å². The molecular weight excluding hydrogens is 1280 g/mol. The Kier molecular flexibility index (Phi) is 28.1. The minimum atomic E-state index is -1.54. The molecule has 10 rings (SSSR count). The molecule has 0 saturated carbocycles. The number of amides is 2. The molecule has 24 heteroatoms. The first-order valence-corrected chi connectivity index (χ1v) is 34.7. The van der Waals surface area contributed by atoms with E-state index >= 15 is 0 Å². The van der Waals surface area contributed by atoms with Gasteiger partial charge in [0.25, 0.3) is 0 Å². The quantitative estimate of drug-likeness (QED) is 0.0386. The number of fused-ring (bicyclic) bond motifs is 6. The molecule has 0 aromatic heterocycles. The molecule has 4 saturated heterocycles. The number of anilines is 1. The van der Waals surface area contributed by atoms with Crippen LogP contribution in [0.5, 0.6) is 0 Å². The van der Waals surface area contributed by atoms with Crippen molar-refractivity contribution in [2.75, 3.05) is 58.5 Å². The molecule has 6 aliphatic heterocycles. The Labute approximate surface area is 580 Å². The van der Waals surface area contributed by atoms with Gasteiger partial charge in [0.2, 0.25) is 17.5 Å². The second-order valence-electron chi connectivity index (χ2n) is 27.1. The van der Waals surface area contributed by atoms with Gasteiger partial charge in [0.1, 0.15) is 105 Å². The Balaban J connectivity index is 0.000000192. The van der Waals surface area contributed by atoms with Crippen molar-refractivity contribution in [3.05, 3.63) is 132 Å². The fourth-order valence-corrected chi connectivity index (χ4v) is 14.0. The van der Waals surface area contributed by atoms with Crippen LogP contribution in [-0.2, 0) is 58.3 Å². The molecule has 20 atom stereocenters. The van der Waals surface area contributed by atoms with E-state index in [1.807, 2.05) is 13.8 Å². The molecular formula is C75H107N4O20+. The number of hydrogen-bond donors (Lipinski definition) is 12. The van der Waals surface area contributed by atoms with Gasteiger partial charge in [-0.1, -0.05) is 127 Å². The van der Waals surface area contributed by atoms with Crippen molar-refractivity contribution in [3.8, 4) is 0 Å². The van der Waals surface area contributed by atoms with Crippen molar-refractivity contribution in [2.24, 2.45) is 0 Å². The summed E-state index contributed by atoms with van der Waals surface area (Å²) in [5.41, 5.74) is 7.91. The van der Waals surface area contributed by atoms with E-state index in [0.717, 1.165) is 0 Å². The minimum absolute atomic E-state index is 0.00247. The zero-order valence-corrected chi connectivity index (χ0v) is 59.0. The van der Waals surface area contributed by atoms with Gasteiger partial charge in [0.15, 0.2) is 18.3 Å². The third-order valence-electron chi connectivity index (χ3n) is 19.5. The Hall–Kier alpha value is -5.95. The van der Waals surface area contributed by atoms with E-state index in [2.05, 4.69) is 177 Å². The van der Waals surface area contributed by atoms with Gasteiger partial charge in [-0.15, -0.1) is 0 Å². The molecule has 99 heavy (non-hydrogen) atoms. The lowest BCUT2D eigenvalue weighted by Crippen LogP contribution is -2.65. The third-order valence-corrected chi connectivity index (χ3v) is 19.5. The van der Waals surface area contributed by atoms with Crippen LogP contribution >= 0.6 is 0 Å². The highest BCUT2D eigenvalue weighted by molar-refractivity contribution is 6.07. The third kappa shape index (κ3) is 17.6. The highest BCUT2D eigenvalue weighted by Crippen LogP contribution is 2.50. The molecule has 2 amide bonds. The molecule has 6 heterocycles. The predicted molar refractivity (Wildman–Crippen MR) is 373 cm³/mol. The number of likely N-dealkylation sites (N-methyl/N-ethyl adjacent to an activating group) is 1. The number of carbonyl (C=O) groups excluding carboxylic acids is 2. The van der Waals surface area contributed by atoms with Gasteiger partial charge in [-0.25, -0.2) is 0 Å². The van der Waals surface area contributed by atoms with Crippen LogP contribution < -0.4 is 15.5 Å². The zero-order chi connectivity index (χ0) is 72.2. The summed E-state index contributed by atoms with van der Waals surface area (Å²) in [5, 5.41) is 113. The van der Waals surface area contributed by atoms with E-state index in [1.165, 1.54) is 55.5 Å². The van der Waals surface area contributed by atoms with E-state index in [1.54, 1.807) is 27.7 Å². The Bertz CT molecular complexity index is 3480. The smallest absolute Gasteiger partial charge is 0.219 e.